The van der Waals surface area contributed by atoms with E-state index in [0.29, 0.717) is 6.04 Å². The van der Waals surface area contributed by atoms with Crippen LogP contribution in [0.25, 0.3) is 0 Å². The first-order chi connectivity index (χ1) is 10.3. The van der Waals surface area contributed by atoms with E-state index in [-0.39, 0.29) is 12.1 Å². The number of nitrogens with zero attached hydrogens (tertiary/aromatic N) is 1. The Balaban J connectivity index is 1.61. The minimum absolute atomic E-state index is 0.180. The zero-order chi connectivity index (χ0) is 14.7. The van der Waals surface area contributed by atoms with Crippen molar-refractivity contribution in [2.24, 2.45) is 5.84 Å². The highest BCUT2D eigenvalue weighted by Gasteiger charge is 2.35. The molecule has 0 aromatic heterocycles. The summed E-state index contributed by atoms with van der Waals surface area (Å²) in [6, 6.07) is 9.67. The van der Waals surface area contributed by atoms with Crippen LogP contribution < -0.4 is 11.3 Å². The Kier molecular flexibility index (Phi) is 4.91. The van der Waals surface area contributed by atoms with E-state index in [1.807, 2.05) is 0 Å². The highest BCUT2D eigenvalue weighted by Crippen LogP contribution is 2.24. The summed E-state index contributed by atoms with van der Waals surface area (Å²) in [5.41, 5.74) is 5.68. The molecule has 3 unspecified atom stereocenters. The smallest absolute Gasteiger partial charge is 0.0872 e. The average molecular weight is 289 g/mol. The van der Waals surface area contributed by atoms with Gasteiger partial charge in [-0.15, -0.1) is 0 Å². The standard InChI is InChI=1S/C17H27N3O/c1-2-13-5-7-14(8-6-13)10-16(19-18)17-11-20-9-3-4-15(20)12-21-17/h5-8,15-17,19H,2-4,9-12,18H2,1H3. The molecule has 2 fully saturated rings. The topological polar surface area (TPSA) is 50.5 Å². The second-order valence-corrected chi connectivity index (χ2v) is 6.31. The van der Waals surface area contributed by atoms with Gasteiger partial charge in [0.1, 0.15) is 0 Å². The van der Waals surface area contributed by atoms with Gasteiger partial charge in [0.15, 0.2) is 0 Å². The number of rotatable bonds is 5. The minimum atomic E-state index is 0.180. The van der Waals surface area contributed by atoms with Crippen molar-refractivity contribution in [2.45, 2.75) is 50.8 Å². The monoisotopic (exact) mass is 289 g/mol. The zero-order valence-corrected chi connectivity index (χ0v) is 12.9. The van der Waals surface area contributed by atoms with Crippen molar-refractivity contribution in [1.29, 1.82) is 0 Å². The Morgan fingerprint density at radius 1 is 1.33 bits per heavy atom. The van der Waals surface area contributed by atoms with Crippen LogP contribution in [0.2, 0.25) is 0 Å². The van der Waals surface area contributed by atoms with Gasteiger partial charge in [0.25, 0.3) is 0 Å². The third-order valence-electron chi connectivity index (χ3n) is 4.97. The third kappa shape index (κ3) is 3.46. The van der Waals surface area contributed by atoms with E-state index in [1.54, 1.807) is 0 Å². The summed E-state index contributed by atoms with van der Waals surface area (Å²) in [7, 11) is 0. The summed E-state index contributed by atoms with van der Waals surface area (Å²) in [4.78, 5) is 2.57. The van der Waals surface area contributed by atoms with Crippen molar-refractivity contribution in [3.8, 4) is 0 Å². The zero-order valence-electron chi connectivity index (χ0n) is 12.9. The minimum Gasteiger partial charge on any atom is -0.374 e. The summed E-state index contributed by atoms with van der Waals surface area (Å²) >= 11 is 0. The fraction of sp³-hybridized carbons (Fsp3) is 0.647. The van der Waals surface area contributed by atoms with Crippen molar-refractivity contribution in [3.05, 3.63) is 35.4 Å². The van der Waals surface area contributed by atoms with Crippen LogP contribution in [0.15, 0.2) is 24.3 Å². The van der Waals surface area contributed by atoms with Crippen LogP contribution in [0.3, 0.4) is 0 Å². The van der Waals surface area contributed by atoms with E-state index < -0.39 is 0 Å². The van der Waals surface area contributed by atoms with Crippen molar-refractivity contribution in [1.82, 2.24) is 10.3 Å². The molecule has 2 aliphatic rings. The second-order valence-electron chi connectivity index (χ2n) is 6.31. The molecule has 3 rings (SSSR count). The first-order valence-electron chi connectivity index (χ1n) is 8.19. The Bertz CT molecular complexity index is 448. The van der Waals surface area contributed by atoms with Crippen molar-refractivity contribution >= 4 is 0 Å². The summed E-state index contributed by atoms with van der Waals surface area (Å²) in [5.74, 6) is 5.80. The van der Waals surface area contributed by atoms with Crippen molar-refractivity contribution in [3.63, 3.8) is 0 Å². The molecule has 116 valence electrons. The Morgan fingerprint density at radius 3 is 2.81 bits per heavy atom. The lowest BCUT2D eigenvalue weighted by molar-refractivity contribution is -0.0644. The largest absolute Gasteiger partial charge is 0.374 e. The molecule has 2 aliphatic heterocycles. The lowest BCUT2D eigenvalue weighted by Gasteiger charge is -2.38. The maximum absolute atomic E-state index is 6.08. The maximum atomic E-state index is 6.08. The Hall–Kier alpha value is -0.940. The number of aryl methyl sites for hydroxylation is 1. The molecule has 0 bridgehead atoms. The van der Waals surface area contributed by atoms with Crippen LogP contribution in [0.4, 0.5) is 0 Å². The van der Waals surface area contributed by atoms with Gasteiger partial charge in [-0.1, -0.05) is 31.2 Å². The quantitative estimate of drug-likeness (QED) is 0.637. The molecule has 3 N–H and O–H groups in total. The molecular weight excluding hydrogens is 262 g/mol. The van der Waals surface area contributed by atoms with Gasteiger partial charge in [0, 0.05) is 12.6 Å². The fourth-order valence-corrected chi connectivity index (χ4v) is 3.55. The number of hydrogen-bond donors (Lipinski definition) is 2. The Labute approximate surface area is 127 Å². The molecule has 21 heavy (non-hydrogen) atoms. The number of nitrogens with one attached hydrogen (secondary N) is 1. The molecule has 1 aromatic carbocycles. The molecule has 4 heteroatoms. The first kappa shape index (κ1) is 15.0. The normalized spacial score (nSPS) is 27.5. The summed E-state index contributed by atoms with van der Waals surface area (Å²) in [6.07, 6.45) is 4.78. The van der Waals surface area contributed by atoms with Crippen LogP contribution in [-0.2, 0) is 17.6 Å². The van der Waals surface area contributed by atoms with Crippen LogP contribution >= 0.6 is 0 Å². The predicted octanol–water partition coefficient (Wildman–Crippen LogP) is 1.49. The molecular formula is C17H27N3O. The number of benzene rings is 1. The van der Waals surface area contributed by atoms with E-state index in [0.717, 1.165) is 26.0 Å². The number of hydrogen-bond acceptors (Lipinski definition) is 4. The molecule has 0 aliphatic carbocycles. The molecule has 2 heterocycles. The van der Waals surface area contributed by atoms with Gasteiger partial charge in [-0.25, -0.2) is 0 Å². The van der Waals surface area contributed by atoms with Gasteiger partial charge in [-0.2, -0.15) is 0 Å². The van der Waals surface area contributed by atoms with E-state index in [2.05, 4.69) is 41.5 Å². The summed E-state index contributed by atoms with van der Waals surface area (Å²) in [5, 5.41) is 0. The summed E-state index contributed by atoms with van der Waals surface area (Å²) < 4.78 is 6.08. The first-order valence-corrected chi connectivity index (χ1v) is 8.19. The second kappa shape index (κ2) is 6.88. The van der Waals surface area contributed by atoms with Gasteiger partial charge in [0.2, 0.25) is 0 Å². The van der Waals surface area contributed by atoms with Crippen molar-refractivity contribution in [2.75, 3.05) is 19.7 Å². The maximum Gasteiger partial charge on any atom is 0.0872 e. The van der Waals surface area contributed by atoms with Crippen LogP contribution in [-0.4, -0.2) is 42.8 Å². The molecule has 4 nitrogen and oxygen atoms in total. The molecule has 2 saturated heterocycles. The van der Waals surface area contributed by atoms with Gasteiger partial charge in [-0.05, 0) is 43.4 Å². The van der Waals surface area contributed by atoms with Gasteiger partial charge >= 0.3 is 0 Å². The molecule has 0 radical (unpaired) electrons. The molecule has 3 atom stereocenters. The molecule has 0 spiro atoms. The van der Waals surface area contributed by atoms with Crippen LogP contribution in [0.5, 0.6) is 0 Å². The average Bonchev–Trinajstić information content (AvgIpc) is 3.00. The SMILES string of the molecule is CCc1ccc(CC(NN)C2CN3CCCC3CO2)cc1. The van der Waals surface area contributed by atoms with E-state index >= 15 is 0 Å². The number of morpholine rings is 1. The van der Waals surface area contributed by atoms with Crippen LogP contribution in [0, 0.1) is 0 Å². The third-order valence-corrected chi connectivity index (χ3v) is 4.97. The van der Waals surface area contributed by atoms with Gasteiger partial charge < -0.3 is 4.74 Å². The predicted molar refractivity (Wildman–Crippen MR) is 85.0 cm³/mol. The highest BCUT2D eigenvalue weighted by atomic mass is 16.5. The Morgan fingerprint density at radius 2 is 2.10 bits per heavy atom. The summed E-state index contributed by atoms with van der Waals surface area (Å²) in [6.45, 7) is 5.26. The number of hydrazine groups is 1. The lowest BCUT2D eigenvalue weighted by Crippen LogP contribution is -2.56. The van der Waals surface area contributed by atoms with Gasteiger partial charge in [0.05, 0.1) is 18.8 Å². The van der Waals surface area contributed by atoms with E-state index in [4.69, 9.17) is 10.6 Å². The van der Waals surface area contributed by atoms with Crippen LogP contribution in [0.1, 0.15) is 30.9 Å². The van der Waals surface area contributed by atoms with E-state index in [1.165, 1.54) is 30.5 Å². The molecule has 0 amide bonds. The molecule has 1 aromatic rings. The number of nitrogens with two attached hydrogens (primary N) is 1. The highest BCUT2D eigenvalue weighted by molar-refractivity contribution is 5.23. The number of ether oxygens (including phenoxy) is 1. The lowest BCUT2D eigenvalue weighted by atomic mass is 9.98. The molecule has 0 saturated carbocycles. The van der Waals surface area contributed by atoms with Gasteiger partial charge in [-0.3, -0.25) is 16.2 Å². The van der Waals surface area contributed by atoms with E-state index in [9.17, 15) is 0 Å². The fourth-order valence-electron chi connectivity index (χ4n) is 3.55. The number of fused-ring (bicyclic) bond motifs is 1. The van der Waals surface area contributed by atoms with Crippen molar-refractivity contribution < 1.29 is 4.74 Å².